The molecule has 0 spiro atoms. The van der Waals surface area contributed by atoms with E-state index in [1.54, 1.807) is 25.2 Å². The third-order valence-corrected chi connectivity index (χ3v) is 4.98. The standard InChI is InChI=1S/C20H17N3OS/c1-13-5-3-8-16(9-13)25-20-17-11-18(23-19(17)21-12-22-20)14-6-4-7-15(10-14)24-2/h3-12H,1-2H3,(H,21,22,23). The first-order chi connectivity index (χ1) is 12.2. The summed E-state index contributed by atoms with van der Waals surface area (Å²) in [6, 6.07) is 18.5. The van der Waals surface area contributed by atoms with Crippen LogP contribution < -0.4 is 4.74 Å². The molecule has 2 aromatic carbocycles. The first-order valence-electron chi connectivity index (χ1n) is 7.95. The Morgan fingerprint density at radius 3 is 2.72 bits per heavy atom. The van der Waals surface area contributed by atoms with Gasteiger partial charge in [-0.05, 0) is 37.3 Å². The Kier molecular flexibility index (Phi) is 4.15. The minimum atomic E-state index is 0.830. The lowest BCUT2D eigenvalue weighted by atomic mass is 10.1. The molecule has 0 aliphatic rings. The number of rotatable bonds is 4. The Bertz CT molecular complexity index is 1040. The van der Waals surface area contributed by atoms with Crippen molar-refractivity contribution < 1.29 is 4.74 Å². The molecule has 124 valence electrons. The van der Waals surface area contributed by atoms with E-state index in [-0.39, 0.29) is 0 Å². The van der Waals surface area contributed by atoms with Gasteiger partial charge < -0.3 is 9.72 Å². The van der Waals surface area contributed by atoms with Crippen molar-refractivity contribution in [1.82, 2.24) is 15.0 Å². The molecular weight excluding hydrogens is 330 g/mol. The summed E-state index contributed by atoms with van der Waals surface area (Å²) in [7, 11) is 1.67. The van der Waals surface area contributed by atoms with E-state index >= 15 is 0 Å². The van der Waals surface area contributed by atoms with Crippen molar-refractivity contribution in [2.75, 3.05) is 7.11 Å². The first-order valence-corrected chi connectivity index (χ1v) is 8.77. The van der Waals surface area contributed by atoms with Crippen molar-refractivity contribution >= 4 is 22.8 Å². The number of hydrogen-bond acceptors (Lipinski definition) is 4. The van der Waals surface area contributed by atoms with Crippen LogP contribution in [0, 0.1) is 6.92 Å². The maximum Gasteiger partial charge on any atom is 0.142 e. The van der Waals surface area contributed by atoms with Gasteiger partial charge in [-0.15, -0.1) is 0 Å². The van der Waals surface area contributed by atoms with Gasteiger partial charge in [0.1, 0.15) is 22.7 Å². The van der Waals surface area contributed by atoms with Crippen molar-refractivity contribution in [3.8, 4) is 17.0 Å². The van der Waals surface area contributed by atoms with E-state index in [0.29, 0.717) is 0 Å². The number of fused-ring (bicyclic) bond motifs is 1. The molecule has 0 saturated carbocycles. The van der Waals surface area contributed by atoms with Crippen molar-refractivity contribution in [2.45, 2.75) is 16.8 Å². The highest BCUT2D eigenvalue weighted by Gasteiger charge is 2.11. The summed E-state index contributed by atoms with van der Waals surface area (Å²) >= 11 is 1.65. The van der Waals surface area contributed by atoms with Crippen LogP contribution in [-0.4, -0.2) is 22.1 Å². The summed E-state index contributed by atoms with van der Waals surface area (Å²) in [5.74, 6) is 0.830. The van der Waals surface area contributed by atoms with Gasteiger partial charge in [0, 0.05) is 16.2 Å². The summed E-state index contributed by atoms with van der Waals surface area (Å²) in [5, 5.41) is 1.97. The zero-order valence-electron chi connectivity index (χ0n) is 14.0. The van der Waals surface area contributed by atoms with Crippen molar-refractivity contribution in [3.05, 3.63) is 66.5 Å². The monoisotopic (exact) mass is 347 g/mol. The van der Waals surface area contributed by atoms with Crippen molar-refractivity contribution in [3.63, 3.8) is 0 Å². The van der Waals surface area contributed by atoms with Gasteiger partial charge in [0.05, 0.1) is 12.5 Å². The third kappa shape index (κ3) is 3.23. The molecule has 4 aromatic rings. The Morgan fingerprint density at radius 1 is 1.00 bits per heavy atom. The number of aromatic nitrogens is 3. The van der Waals surface area contributed by atoms with Crippen LogP contribution in [0.4, 0.5) is 0 Å². The van der Waals surface area contributed by atoms with Crippen LogP contribution >= 0.6 is 11.8 Å². The number of methoxy groups -OCH3 is 1. The second-order valence-corrected chi connectivity index (χ2v) is 6.84. The Labute approximate surface area is 150 Å². The molecular formula is C20H17N3OS. The van der Waals surface area contributed by atoms with Crippen LogP contribution in [0.25, 0.3) is 22.3 Å². The van der Waals surface area contributed by atoms with E-state index in [4.69, 9.17) is 4.74 Å². The molecule has 0 aliphatic heterocycles. The number of H-pyrrole nitrogens is 1. The van der Waals surface area contributed by atoms with Crippen LogP contribution in [-0.2, 0) is 0 Å². The molecule has 2 heterocycles. The van der Waals surface area contributed by atoms with E-state index < -0.39 is 0 Å². The summed E-state index contributed by atoms with van der Waals surface area (Å²) in [6.07, 6.45) is 1.60. The van der Waals surface area contributed by atoms with Crippen LogP contribution in [0.3, 0.4) is 0 Å². The summed E-state index contributed by atoms with van der Waals surface area (Å²) in [4.78, 5) is 13.4. The quantitative estimate of drug-likeness (QED) is 0.522. The lowest BCUT2D eigenvalue weighted by Gasteiger charge is -2.02. The van der Waals surface area contributed by atoms with Crippen molar-refractivity contribution in [2.24, 2.45) is 0 Å². The number of nitrogens with one attached hydrogen (secondary N) is 1. The minimum absolute atomic E-state index is 0.830. The number of aromatic amines is 1. The lowest BCUT2D eigenvalue weighted by Crippen LogP contribution is -1.85. The third-order valence-electron chi connectivity index (χ3n) is 3.97. The molecule has 4 rings (SSSR count). The van der Waals surface area contributed by atoms with Crippen LogP contribution in [0.5, 0.6) is 5.75 Å². The van der Waals surface area contributed by atoms with E-state index in [2.05, 4.69) is 52.2 Å². The van der Waals surface area contributed by atoms with Gasteiger partial charge in [-0.2, -0.15) is 0 Å². The summed E-state index contributed by atoms with van der Waals surface area (Å²) in [6.45, 7) is 2.09. The average molecular weight is 347 g/mol. The van der Waals surface area contributed by atoms with E-state index in [1.165, 1.54) is 10.5 Å². The number of ether oxygens (including phenoxy) is 1. The van der Waals surface area contributed by atoms with Gasteiger partial charge in [-0.3, -0.25) is 0 Å². The molecule has 0 radical (unpaired) electrons. The fourth-order valence-electron chi connectivity index (χ4n) is 2.74. The molecule has 0 unspecified atom stereocenters. The van der Waals surface area contributed by atoms with E-state index in [1.807, 2.05) is 24.3 Å². The van der Waals surface area contributed by atoms with E-state index in [9.17, 15) is 0 Å². The molecule has 2 aromatic heterocycles. The van der Waals surface area contributed by atoms with Crippen molar-refractivity contribution in [1.29, 1.82) is 0 Å². The van der Waals surface area contributed by atoms with E-state index in [0.717, 1.165) is 33.1 Å². The van der Waals surface area contributed by atoms with Gasteiger partial charge >= 0.3 is 0 Å². The number of hydrogen-bond donors (Lipinski definition) is 1. The largest absolute Gasteiger partial charge is 0.497 e. The van der Waals surface area contributed by atoms with Crippen LogP contribution in [0.1, 0.15) is 5.56 Å². The molecule has 0 saturated heterocycles. The molecule has 0 atom stereocenters. The second kappa shape index (κ2) is 6.61. The van der Waals surface area contributed by atoms with Crippen LogP contribution in [0.15, 0.2) is 70.8 Å². The fraction of sp³-hybridized carbons (Fsp3) is 0.100. The normalized spacial score (nSPS) is 11.0. The van der Waals surface area contributed by atoms with Gasteiger partial charge in [0.25, 0.3) is 0 Å². The molecule has 4 nitrogen and oxygen atoms in total. The second-order valence-electron chi connectivity index (χ2n) is 5.77. The summed E-state index contributed by atoms with van der Waals surface area (Å²) in [5.41, 5.74) is 4.13. The predicted molar refractivity (Wildman–Crippen MR) is 101 cm³/mol. The number of aryl methyl sites for hydroxylation is 1. The molecule has 0 aliphatic carbocycles. The Morgan fingerprint density at radius 2 is 1.88 bits per heavy atom. The van der Waals surface area contributed by atoms with Gasteiger partial charge in [-0.1, -0.05) is 41.6 Å². The van der Waals surface area contributed by atoms with Crippen LogP contribution in [0.2, 0.25) is 0 Å². The average Bonchev–Trinajstić information content (AvgIpc) is 3.07. The molecule has 0 fully saturated rings. The molecule has 0 bridgehead atoms. The van der Waals surface area contributed by atoms with Gasteiger partial charge in [-0.25, -0.2) is 9.97 Å². The highest BCUT2D eigenvalue weighted by Crippen LogP contribution is 2.34. The SMILES string of the molecule is COc1cccc(-c2cc3c(Sc4cccc(C)c4)ncnc3[nH]2)c1. The highest BCUT2D eigenvalue weighted by atomic mass is 32.2. The topological polar surface area (TPSA) is 50.8 Å². The molecule has 0 amide bonds. The van der Waals surface area contributed by atoms with Gasteiger partial charge in [0.15, 0.2) is 0 Å². The maximum atomic E-state index is 5.32. The summed E-state index contributed by atoms with van der Waals surface area (Å²) < 4.78 is 5.32. The molecule has 5 heteroatoms. The number of benzene rings is 2. The molecule has 25 heavy (non-hydrogen) atoms. The molecule has 1 N–H and O–H groups in total. The Hall–Kier alpha value is -2.79. The predicted octanol–water partition coefficient (Wildman–Crippen LogP) is 5.09. The Balaban J connectivity index is 1.75. The lowest BCUT2D eigenvalue weighted by molar-refractivity contribution is 0.415. The maximum absolute atomic E-state index is 5.32. The zero-order chi connectivity index (χ0) is 17.2. The fourth-order valence-corrected chi connectivity index (χ4v) is 3.72. The zero-order valence-corrected chi connectivity index (χ0v) is 14.8. The highest BCUT2D eigenvalue weighted by molar-refractivity contribution is 7.99. The minimum Gasteiger partial charge on any atom is -0.497 e. The smallest absolute Gasteiger partial charge is 0.142 e. The van der Waals surface area contributed by atoms with Gasteiger partial charge in [0.2, 0.25) is 0 Å². The first kappa shape index (κ1) is 15.7. The number of nitrogens with zero attached hydrogens (tertiary/aromatic N) is 2.